The van der Waals surface area contributed by atoms with Gasteiger partial charge in [0, 0.05) is 5.56 Å². The molecule has 1 aliphatic rings. The second kappa shape index (κ2) is 16.5. The molecule has 2 aromatic rings. The van der Waals surface area contributed by atoms with Gasteiger partial charge in [0.05, 0.1) is 25.6 Å². The highest BCUT2D eigenvalue weighted by molar-refractivity contribution is 5.56. The standard InChI is InChI=1S/C30H46N2O2/c1-2-3-4-5-7-10-13-22-33-28-20-18-27(19-21-28)30-31-24-29(25-32-30)34-23-14-11-8-6-9-12-15-26-16-17-26/h18-21,24-26H,2-17,22-23H2,1H3. The van der Waals surface area contributed by atoms with E-state index >= 15 is 0 Å². The van der Waals surface area contributed by atoms with Crippen LogP contribution >= 0.6 is 0 Å². The first-order valence-electron chi connectivity index (χ1n) is 14.0. The van der Waals surface area contributed by atoms with Crippen LogP contribution in [-0.4, -0.2) is 23.2 Å². The summed E-state index contributed by atoms with van der Waals surface area (Å²) in [6, 6.07) is 8.08. The predicted molar refractivity (Wildman–Crippen MR) is 141 cm³/mol. The Bertz CT molecular complexity index is 756. The van der Waals surface area contributed by atoms with Crippen LogP contribution in [0.2, 0.25) is 0 Å². The molecule has 0 saturated heterocycles. The van der Waals surface area contributed by atoms with Gasteiger partial charge in [-0.15, -0.1) is 0 Å². The third kappa shape index (κ3) is 11.4. The van der Waals surface area contributed by atoms with Crippen LogP contribution < -0.4 is 9.47 Å². The Morgan fingerprint density at radius 3 is 1.76 bits per heavy atom. The van der Waals surface area contributed by atoms with Gasteiger partial charge in [-0.3, -0.25) is 0 Å². The minimum atomic E-state index is 0.720. The van der Waals surface area contributed by atoms with Crippen LogP contribution in [0.4, 0.5) is 0 Å². The summed E-state index contributed by atoms with van der Waals surface area (Å²) in [6.07, 6.45) is 25.0. The third-order valence-corrected chi connectivity index (χ3v) is 6.73. The molecule has 4 heteroatoms. The van der Waals surface area contributed by atoms with E-state index in [0.29, 0.717) is 0 Å². The zero-order chi connectivity index (χ0) is 23.7. The lowest BCUT2D eigenvalue weighted by Gasteiger charge is -2.08. The van der Waals surface area contributed by atoms with Crippen molar-refractivity contribution in [2.24, 2.45) is 5.92 Å². The van der Waals surface area contributed by atoms with E-state index in [9.17, 15) is 0 Å². The minimum absolute atomic E-state index is 0.720. The average molecular weight is 467 g/mol. The molecule has 0 aliphatic heterocycles. The van der Waals surface area contributed by atoms with E-state index in [2.05, 4.69) is 16.9 Å². The lowest BCUT2D eigenvalue weighted by atomic mass is 10.1. The van der Waals surface area contributed by atoms with Crippen LogP contribution in [-0.2, 0) is 0 Å². The molecule has 1 heterocycles. The quantitative estimate of drug-likeness (QED) is 0.183. The van der Waals surface area contributed by atoms with Gasteiger partial charge in [0.2, 0.25) is 0 Å². The van der Waals surface area contributed by atoms with Gasteiger partial charge in [0.15, 0.2) is 11.6 Å². The van der Waals surface area contributed by atoms with Crippen molar-refractivity contribution in [3.05, 3.63) is 36.7 Å². The molecule has 188 valence electrons. The Labute approximate surface area is 207 Å². The van der Waals surface area contributed by atoms with Gasteiger partial charge in [-0.25, -0.2) is 9.97 Å². The van der Waals surface area contributed by atoms with Crippen molar-refractivity contribution in [3.8, 4) is 22.9 Å². The minimum Gasteiger partial charge on any atom is -0.494 e. The highest BCUT2D eigenvalue weighted by Crippen LogP contribution is 2.34. The topological polar surface area (TPSA) is 44.2 Å². The summed E-state index contributed by atoms with van der Waals surface area (Å²) in [5.41, 5.74) is 0.997. The van der Waals surface area contributed by atoms with Gasteiger partial charge in [0.25, 0.3) is 0 Å². The Hall–Kier alpha value is -2.10. The number of hydrogen-bond donors (Lipinski definition) is 0. The largest absolute Gasteiger partial charge is 0.494 e. The highest BCUT2D eigenvalue weighted by Gasteiger charge is 2.19. The summed E-state index contributed by atoms with van der Waals surface area (Å²) in [5.74, 6) is 3.47. The second-order valence-corrected chi connectivity index (χ2v) is 9.94. The molecule has 34 heavy (non-hydrogen) atoms. The molecule has 1 aromatic heterocycles. The normalized spacial score (nSPS) is 13.2. The molecule has 4 nitrogen and oxygen atoms in total. The third-order valence-electron chi connectivity index (χ3n) is 6.73. The first kappa shape index (κ1) is 26.5. The number of rotatable bonds is 20. The molecule has 0 N–H and O–H groups in total. The number of aromatic nitrogens is 2. The molecule has 0 amide bonds. The fourth-order valence-corrected chi connectivity index (χ4v) is 4.33. The molecule has 1 aromatic carbocycles. The van der Waals surface area contributed by atoms with Crippen molar-refractivity contribution in [1.29, 1.82) is 0 Å². The van der Waals surface area contributed by atoms with E-state index in [4.69, 9.17) is 9.47 Å². The predicted octanol–water partition coefficient (Wildman–Crippen LogP) is 8.79. The molecule has 1 aliphatic carbocycles. The average Bonchev–Trinajstić information content (AvgIpc) is 3.70. The molecule has 0 spiro atoms. The van der Waals surface area contributed by atoms with E-state index < -0.39 is 0 Å². The van der Waals surface area contributed by atoms with Crippen molar-refractivity contribution in [1.82, 2.24) is 9.97 Å². The fourth-order valence-electron chi connectivity index (χ4n) is 4.33. The molecule has 1 saturated carbocycles. The van der Waals surface area contributed by atoms with E-state index in [1.165, 1.54) is 89.9 Å². The SMILES string of the molecule is CCCCCCCCCOc1ccc(-c2ncc(OCCCCCCCCC3CC3)cn2)cc1. The lowest BCUT2D eigenvalue weighted by Crippen LogP contribution is -1.99. The number of nitrogens with zero attached hydrogens (tertiary/aromatic N) is 2. The van der Waals surface area contributed by atoms with E-state index in [1.54, 1.807) is 12.4 Å². The number of unbranched alkanes of at least 4 members (excludes halogenated alkanes) is 11. The van der Waals surface area contributed by atoms with Crippen LogP contribution in [0.25, 0.3) is 11.4 Å². The maximum atomic E-state index is 5.89. The maximum Gasteiger partial charge on any atom is 0.159 e. The van der Waals surface area contributed by atoms with Gasteiger partial charge in [-0.05, 0) is 43.0 Å². The Morgan fingerprint density at radius 1 is 0.647 bits per heavy atom. The van der Waals surface area contributed by atoms with Crippen LogP contribution in [0.1, 0.15) is 110 Å². The summed E-state index contributed by atoms with van der Waals surface area (Å²) < 4.78 is 11.7. The Kier molecular flexibility index (Phi) is 12.9. The molecule has 1 fully saturated rings. The van der Waals surface area contributed by atoms with E-state index in [1.807, 2.05) is 24.3 Å². The summed E-state index contributed by atoms with van der Waals surface area (Å²) in [4.78, 5) is 8.97. The van der Waals surface area contributed by atoms with Gasteiger partial charge < -0.3 is 9.47 Å². The summed E-state index contributed by atoms with van der Waals surface area (Å²) in [5, 5.41) is 0. The lowest BCUT2D eigenvalue weighted by molar-refractivity contribution is 0.302. The summed E-state index contributed by atoms with van der Waals surface area (Å²) in [6.45, 7) is 3.79. The van der Waals surface area contributed by atoms with E-state index in [-0.39, 0.29) is 0 Å². The van der Waals surface area contributed by atoms with Gasteiger partial charge in [-0.2, -0.15) is 0 Å². The van der Waals surface area contributed by atoms with Crippen LogP contribution in [0.3, 0.4) is 0 Å². The zero-order valence-corrected chi connectivity index (χ0v) is 21.5. The number of hydrogen-bond acceptors (Lipinski definition) is 4. The van der Waals surface area contributed by atoms with Crippen LogP contribution in [0.5, 0.6) is 11.5 Å². The van der Waals surface area contributed by atoms with Crippen molar-refractivity contribution in [2.45, 2.75) is 110 Å². The number of ether oxygens (including phenoxy) is 2. The Morgan fingerprint density at radius 2 is 1.18 bits per heavy atom. The van der Waals surface area contributed by atoms with Crippen molar-refractivity contribution in [2.75, 3.05) is 13.2 Å². The van der Waals surface area contributed by atoms with Crippen molar-refractivity contribution >= 4 is 0 Å². The summed E-state index contributed by atoms with van der Waals surface area (Å²) >= 11 is 0. The van der Waals surface area contributed by atoms with Gasteiger partial charge >= 0.3 is 0 Å². The first-order valence-corrected chi connectivity index (χ1v) is 14.0. The van der Waals surface area contributed by atoms with Crippen molar-refractivity contribution < 1.29 is 9.47 Å². The second-order valence-electron chi connectivity index (χ2n) is 9.94. The smallest absolute Gasteiger partial charge is 0.159 e. The first-order chi connectivity index (χ1) is 16.8. The number of benzene rings is 1. The molecule has 3 rings (SSSR count). The molecule has 0 atom stereocenters. The monoisotopic (exact) mass is 466 g/mol. The van der Waals surface area contributed by atoms with Gasteiger partial charge in [-0.1, -0.05) is 96.8 Å². The van der Waals surface area contributed by atoms with Crippen LogP contribution in [0, 0.1) is 5.92 Å². The van der Waals surface area contributed by atoms with E-state index in [0.717, 1.165) is 54.9 Å². The van der Waals surface area contributed by atoms with Crippen LogP contribution in [0.15, 0.2) is 36.7 Å². The molecule has 0 radical (unpaired) electrons. The highest BCUT2D eigenvalue weighted by atomic mass is 16.5. The zero-order valence-electron chi connectivity index (χ0n) is 21.5. The van der Waals surface area contributed by atoms with Crippen molar-refractivity contribution in [3.63, 3.8) is 0 Å². The molecule has 0 unspecified atom stereocenters. The summed E-state index contributed by atoms with van der Waals surface area (Å²) in [7, 11) is 0. The maximum absolute atomic E-state index is 5.89. The molecule has 0 bridgehead atoms. The molecular weight excluding hydrogens is 420 g/mol. The Balaban J connectivity index is 1.23. The molecular formula is C30H46N2O2. The fraction of sp³-hybridized carbons (Fsp3) is 0.667. The van der Waals surface area contributed by atoms with Gasteiger partial charge in [0.1, 0.15) is 5.75 Å².